The van der Waals surface area contributed by atoms with Gasteiger partial charge in [-0.1, -0.05) is 60.1 Å². The van der Waals surface area contributed by atoms with Gasteiger partial charge in [0.15, 0.2) is 5.41 Å². The van der Waals surface area contributed by atoms with Gasteiger partial charge in [0, 0.05) is 36.5 Å². The number of nitrogens with two attached hydrogens (primary N) is 1. The molecular weight excluding hydrogens is 406 g/mol. The second-order valence-electron chi connectivity index (χ2n) is 7.91. The van der Waals surface area contributed by atoms with Crippen molar-refractivity contribution in [2.24, 2.45) is 17.1 Å². The van der Waals surface area contributed by atoms with E-state index in [9.17, 15) is 15.8 Å². The van der Waals surface area contributed by atoms with Crippen LogP contribution in [0.4, 0.5) is 0 Å². The normalized spacial score (nSPS) is 22.5. The predicted molar refractivity (Wildman–Crippen MR) is 118 cm³/mol. The molecular formula is C25H20ClN5. The molecule has 2 atom stereocenters. The van der Waals surface area contributed by atoms with E-state index in [-0.39, 0.29) is 17.2 Å². The van der Waals surface area contributed by atoms with E-state index < -0.39 is 11.3 Å². The summed E-state index contributed by atoms with van der Waals surface area (Å²) in [6.07, 6.45) is 2.02. The monoisotopic (exact) mass is 425 g/mol. The Bertz CT molecular complexity index is 1160. The number of rotatable bonds is 3. The minimum Gasteiger partial charge on any atom is -0.399 e. The Labute approximate surface area is 186 Å². The van der Waals surface area contributed by atoms with Crippen molar-refractivity contribution in [2.75, 3.05) is 13.1 Å². The third-order valence-electron chi connectivity index (χ3n) is 6.22. The van der Waals surface area contributed by atoms with Gasteiger partial charge < -0.3 is 5.73 Å². The van der Waals surface area contributed by atoms with E-state index in [0.717, 1.165) is 17.7 Å². The Morgan fingerprint density at radius 2 is 1.71 bits per heavy atom. The van der Waals surface area contributed by atoms with Crippen LogP contribution in [0.15, 0.2) is 77.5 Å². The summed E-state index contributed by atoms with van der Waals surface area (Å²) in [6, 6.07) is 23.8. The molecule has 0 saturated carbocycles. The zero-order valence-electron chi connectivity index (χ0n) is 16.8. The van der Waals surface area contributed by atoms with E-state index in [0.29, 0.717) is 18.1 Å². The number of fused-ring (bicyclic) bond motifs is 1. The highest BCUT2D eigenvalue weighted by molar-refractivity contribution is 6.30. The van der Waals surface area contributed by atoms with Crippen molar-refractivity contribution in [1.82, 2.24) is 4.90 Å². The molecule has 2 N–H and O–H groups in total. The zero-order valence-corrected chi connectivity index (χ0v) is 17.5. The van der Waals surface area contributed by atoms with Gasteiger partial charge in [-0.05, 0) is 28.8 Å². The molecule has 1 heterocycles. The van der Waals surface area contributed by atoms with Gasteiger partial charge in [-0.25, -0.2) is 0 Å². The van der Waals surface area contributed by atoms with E-state index >= 15 is 0 Å². The third kappa shape index (κ3) is 3.47. The van der Waals surface area contributed by atoms with Crippen LogP contribution < -0.4 is 5.73 Å². The first-order valence-corrected chi connectivity index (χ1v) is 10.4. The van der Waals surface area contributed by atoms with E-state index in [1.54, 1.807) is 12.1 Å². The first-order valence-electron chi connectivity index (χ1n) is 9.99. The fourth-order valence-corrected chi connectivity index (χ4v) is 4.88. The standard InChI is InChI=1S/C25H20ClN5/c26-19-8-6-18(7-9-19)23-22-14-31(13-17-4-2-1-3-5-17)11-10-20(22)21(12-27)24(30)25(23,15-28)16-29/h1-10,22-23H,11,13-14,30H2/t22-,23+/m0/s1. The zero-order chi connectivity index (χ0) is 22.0. The molecule has 0 radical (unpaired) electrons. The molecule has 1 aliphatic carbocycles. The number of hydrogen-bond donors (Lipinski definition) is 1. The summed E-state index contributed by atoms with van der Waals surface area (Å²) in [6.45, 7) is 2.01. The molecule has 6 heteroatoms. The van der Waals surface area contributed by atoms with Crippen molar-refractivity contribution in [3.8, 4) is 18.2 Å². The number of benzene rings is 2. The number of allylic oxidation sites excluding steroid dienone is 2. The Balaban J connectivity index is 1.84. The predicted octanol–water partition coefficient (Wildman–Crippen LogP) is 4.27. The molecule has 0 fully saturated rings. The highest BCUT2D eigenvalue weighted by Crippen LogP contribution is 2.54. The number of nitriles is 3. The molecule has 2 aromatic rings. The smallest absolute Gasteiger partial charge is 0.191 e. The fraction of sp³-hybridized carbons (Fsp3) is 0.240. The molecule has 31 heavy (non-hydrogen) atoms. The van der Waals surface area contributed by atoms with Gasteiger partial charge in [-0.3, -0.25) is 4.90 Å². The van der Waals surface area contributed by atoms with Crippen LogP contribution >= 0.6 is 11.6 Å². The highest BCUT2D eigenvalue weighted by Gasteiger charge is 2.54. The van der Waals surface area contributed by atoms with Gasteiger partial charge in [0.05, 0.1) is 23.4 Å². The van der Waals surface area contributed by atoms with E-state index in [1.807, 2.05) is 36.4 Å². The Morgan fingerprint density at radius 1 is 1.03 bits per heavy atom. The molecule has 0 spiro atoms. The maximum atomic E-state index is 10.1. The van der Waals surface area contributed by atoms with Gasteiger partial charge in [0.2, 0.25) is 0 Å². The molecule has 0 saturated heterocycles. The molecule has 0 aromatic heterocycles. The fourth-order valence-electron chi connectivity index (χ4n) is 4.76. The van der Waals surface area contributed by atoms with Crippen LogP contribution in [0.1, 0.15) is 17.0 Å². The van der Waals surface area contributed by atoms with Crippen LogP contribution in [-0.2, 0) is 6.54 Å². The highest BCUT2D eigenvalue weighted by atomic mass is 35.5. The van der Waals surface area contributed by atoms with Gasteiger partial charge in [0.1, 0.15) is 6.07 Å². The van der Waals surface area contributed by atoms with Gasteiger partial charge in [0.25, 0.3) is 0 Å². The molecule has 5 nitrogen and oxygen atoms in total. The SMILES string of the molecule is N#CC1=C(N)C(C#N)(C#N)[C@H](c2ccc(Cl)cc2)[C@H]2CN(Cc3ccccc3)CC=C12. The maximum Gasteiger partial charge on any atom is 0.191 e. The lowest BCUT2D eigenvalue weighted by Gasteiger charge is -2.45. The van der Waals surface area contributed by atoms with Crippen molar-refractivity contribution in [2.45, 2.75) is 12.5 Å². The summed E-state index contributed by atoms with van der Waals surface area (Å²) in [5, 5.41) is 30.7. The van der Waals surface area contributed by atoms with Crippen molar-refractivity contribution in [1.29, 1.82) is 15.8 Å². The Morgan fingerprint density at radius 3 is 2.32 bits per heavy atom. The molecule has 152 valence electrons. The van der Waals surface area contributed by atoms with E-state index in [1.165, 1.54) is 5.56 Å². The topological polar surface area (TPSA) is 101 Å². The van der Waals surface area contributed by atoms with Gasteiger partial charge >= 0.3 is 0 Å². The number of halogens is 1. The van der Waals surface area contributed by atoms with Crippen LogP contribution in [0.3, 0.4) is 0 Å². The van der Waals surface area contributed by atoms with Crippen LogP contribution in [-0.4, -0.2) is 18.0 Å². The maximum absolute atomic E-state index is 10.1. The molecule has 0 amide bonds. The van der Waals surface area contributed by atoms with Crippen LogP contribution in [0.2, 0.25) is 5.02 Å². The summed E-state index contributed by atoms with van der Waals surface area (Å²) in [5.41, 5.74) is 7.83. The average molecular weight is 426 g/mol. The second kappa shape index (κ2) is 8.29. The minimum atomic E-state index is -1.63. The molecule has 4 rings (SSSR count). The van der Waals surface area contributed by atoms with Crippen molar-refractivity contribution in [3.63, 3.8) is 0 Å². The van der Waals surface area contributed by atoms with E-state index in [4.69, 9.17) is 17.3 Å². The molecule has 2 aliphatic rings. The van der Waals surface area contributed by atoms with Crippen LogP contribution in [0, 0.1) is 45.3 Å². The summed E-state index contributed by atoms with van der Waals surface area (Å²) >= 11 is 6.09. The molecule has 1 aliphatic heterocycles. The summed E-state index contributed by atoms with van der Waals surface area (Å²) < 4.78 is 0. The number of hydrogen-bond acceptors (Lipinski definition) is 5. The van der Waals surface area contributed by atoms with Crippen molar-refractivity contribution in [3.05, 3.63) is 93.7 Å². The van der Waals surface area contributed by atoms with Crippen molar-refractivity contribution >= 4 is 11.6 Å². The van der Waals surface area contributed by atoms with E-state index in [2.05, 4.69) is 35.2 Å². The molecule has 0 unspecified atom stereocenters. The van der Waals surface area contributed by atoms with Gasteiger partial charge in [-0.2, -0.15) is 15.8 Å². The Hall–Kier alpha value is -3.56. The molecule has 2 aromatic carbocycles. The lowest BCUT2D eigenvalue weighted by molar-refractivity contribution is 0.201. The lowest BCUT2D eigenvalue weighted by atomic mass is 9.58. The molecule has 0 bridgehead atoms. The quantitative estimate of drug-likeness (QED) is 0.791. The first-order chi connectivity index (χ1) is 15.0. The van der Waals surface area contributed by atoms with Crippen LogP contribution in [0.25, 0.3) is 0 Å². The average Bonchev–Trinajstić information content (AvgIpc) is 2.80. The third-order valence-corrected chi connectivity index (χ3v) is 6.47. The Kier molecular flexibility index (Phi) is 5.53. The largest absolute Gasteiger partial charge is 0.399 e. The van der Waals surface area contributed by atoms with Crippen molar-refractivity contribution < 1.29 is 0 Å². The summed E-state index contributed by atoms with van der Waals surface area (Å²) in [7, 11) is 0. The second-order valence-corrected chi connectivity index (χ2v) is 8.34. The minimum absolute atomic E-state index is 0.0407. The van der Waals surface area contributed by atoms with Crippen LogP contribution in [0.5, 0.6) is 0 Å². The van der Waals surface area contributed by atoms with Gasteiger partial charge in [-0.15, -0.1) is 0 Å². The summed E-state index contributed by atoms with van der Waals surface area (Å²) in [4.78, 5) is 2.27. The lowest BCUT2D eigenvalue weighted by Crippen LogP contribution is -2.47. The summed E-state index contributed by atoms with van der Waals surface area (Å²) in [5.74, 6) is -0.735. The number of nitrogens with zero attached hydrogens (tertiary/aromatic N) is 4. The first kappa shape index (κ1) is 20.7.